The molecule has 174 valence electrons. The van der Waals surface area contributed by atoms with Gasteiger partial charge in [-0.15, -0.1) is 0 Å². The Bertz CT molecular complexity index is 1250. The smallest absolute Gasteiger partial charge is 0.231 e. The summed E-state index contributed by atoms with van der Waals surface area (Å²) in [5.74, 6) is 0.563. The number of hydrogen-bond acceptors (Lipinski definition) is 11. The third-order valence-electron chi connectivity index (χ3n) is 5.61. The highest BCUT2D eigenvalue weighted by molar-refractivity contribution is 5.88. The Kier molecular flexibility index (Phi) is 5.35. The van der Waals surface area contributed by atoms with Crippen LogP contribution in [0.4, 0.5) is 0 Å². The molecule has 5 rings (SSSR count). The Hall–Kier alpha value is -3.35. The molecule has 3 aromatic rings. The van der Waals surface area contributed by atoms with Crippen molar-refractivity contribution in [3.63, 3.8) is 0 Å². The molecule has 0 saturated carbocycles. The molecule has 1 fully saturated rings. The SMILES string of the molecule is O=c1c(-c2ccc3c(c2)OCO3)coc2cc(OC3OC(CO)C(O)C(O)C3O)cc(O)c12. The molecule has 0 radical (unpaired) electrons. The minimum absolute atomic E-state index is 0.00378. The van der Waals surface area contributed by atoms with Gasteiger partial charge in [-0.25, -0.2) is 0 Å². The zero-order valence-electron chi connectivity index (χ0n) is 17.0. The van der Waals surface area contributed by atoms with Crippen molar-refractivity contribution in [1.29, 1.82) is 0 Å². The van der Waals surface area contributed by atoms with Crippen LogP contribution in [0.3, 0.4) is 0 Å². The molecule has 5 N–H and O–H groups in total. The molecular formula is C22H20O11. The average molecular weight is 460 g/mol. The van der Waals surface area contributed by atoms with Gasteiger partial charge in [0.1, 0.15) is 53.1 Å². The molecule has 2 aliphatic rings. The highest BCUT2D eigenvalue weighted by atomic mass is 16.7. The van der Waals surface area contributed by atoms with Gasteiger partial charge in [0, 0.05) is 12.1 Å². The number of rotatable bonds is 4. The number of aliphatic hydroxyl groups excluding tert-OH is 4. The minimum atomic E-state index is -1.64. The fraction of sp³-hybridized carbons (Fsp3) is 0.318. The van der Waals surface area contributed by atoms with Crippen LogP contribution in [0.1, 0.15) is 0 Å². The molecule has 1 aromatic heterocycles. The summed E-state index contributed by atoms with van der Waals surface area (Å²) in [7, 11) is 0. The highest BCUT2D eigenvalue weighted by Gasteiger charge is 2.44. The van der Waals surface area contributed by atoms with Crippen LogP contribution in [0, 0.1) is 0 Å². The summed E-state index contributed by atoms with van der Waals surface area (Å²) in [6.07, 6.45) is -6.19. The molecule has 2 aromatic carbocycles. The molecule has 0 spiro atoms. The van der Waals surface area contributed by atoms with Gasteiger partial charge in [-0.05, 0) is 17.7 Å². The topological polar surface area (TPSA) is 168 Å². The average Bonchev–Trinajstić information content (AvgIpc) is 3.27. The lowest BCUT2D eigenvalue weighted by Gasteiger charge is -2.39. The highest BCUT2D eigenvalue weighted by Crippen LogP contribution is 2.37. The molecule has 2 aliphatic heterocycles. The molecule has 11 nitrogen and oxygen atoms in total. The van der Waals surface area contributed by atoms with Gasteiger partial charge in [-0.2, -0.15) is 0 Å². The molecule has 1 saturated heterocycles. The second-order valence-electron chi connectivity index (χ2n) is 7.68. The van der Waals surface area contributed by atoms with Crippen molar-refractivity contribution in [3.8, 4) is 34.1 Å². The van der Waals surface area contributed by atoms with E-state index in [-0.39, 0.29) is 29.1 Å². The molecular weight excluding hydrogens is 440 g/mol. The van der Waals surface area contributed by atoms with E-state index < -0.39 is 48.5 Å². The quantitative estimate of drug-likeness (QED) is 0.357. The van der Waals surface area contributed by atoms with Crippen molar-refractivity contribution in [2.75, 3.05) is 13.4 Å². The van der Waals surface area contributed by atoms with Crippen LogP contribution in [-0.4, -0.2) is 69.6 Å². The van der Waals surface area contributed by atoms with E-state index in [1.165, 1.54) is 12.3 Å². The first-order valence-corrected chi connectivity index (χ1v) is 10.0. The van der Waals surface area contributed by atoms with Gasteiger partial charge in [0.25, 0.3) is 0 Å². The number of phenolic OH excluding ortho intramolecular Hbond substituents is 1. The van der Waals surface area contributed by atoms with E-state index in [4.69, 9.17) is 23.4 Å². The van der Waals surface area contributed by atoms with Crippen molar-refractivity contribution < 1.29 is 48.9 Å². The molecule has 0 bridgehead atoms. The normalized spacial score (nSPS) is 26.5. The molecule has 11 heteroatoms. The molecule has 5 unspecified atom stereocenters. The Labute approximate surface area is 185 Å². The molecule has 0 amide bonds. The first-order chi connectivity index (χ1) is 15.9. The van der Waals surface area contributed by atoms with Gasteiger partial charge in [0.05, 0.1) is 12.2 Å². The summed E-state index contributed by atoms with van der Waals surface area (Å²) in [6, 6.07) is 7.40. The van der Waals surface area contributed by atoms with E-state index in [0.717, 1.165) is 6.07 Å². The number of ether oxygens (including phenoxy) is 4. The molecule has 0 aliphatic carbocycles. The molecule has 33 heavy (non-hydrogen) atoms. The van der Waals surface area contributed by atoms with Crippen molar-refractivity contribution in [2.24, 2.45) is 0 Å². The lowest BCUT2D eigenvalue weighted by atomic mass is 9.99. The predicted octanol–water partition coefficient (Wildman–Crippen LogP) is 0.0730. The van der Waals surface area contributed by atoms with Crippen LogP contribution >= 0.6 is 0 Å². The summed E-state index contributed by atoms with van der Waals surface area (Å²) in [4.78, 5) is 13.1. The Morgan fingerprint density at radius 2 is 1.79 bits per heavy atom. The number of benzene rings is 2. The van der Waals surface area contributed by atoms with E-state index in [1.807, 2.05) is 0 Å². The van der Waals surface area contributed by atoms with Gasteiger partial charge >= 0.3 is 0 Å². The summed E-state index contributed by atoms with van der Waals surface area (Å²) >= 11 is 0. The molecule has 5 atom stereocenters. The second-order valence-corrected chi connectivity index (χ2v) is 7.68. The van der Waals surface area contributed by atoms with Crippen molar-refractivity contribution >= 4 is 11.0 Å². The fourth-order valence-electron chi connectivity index (χ4n) is 3.84. The van der Waals surface area contributed by atoms with Gasteiger partial charge in [0.2, 0.25) is 18.5 Å². The first-order valence-electron chi connectivity index (χ1n) is 10.0. The van der Waals surface area contributed by atoms with Gasteiger partial charge in [0.15, 0.2) is 11.5 Å². The van der Waals surface area contributed by atoms with Gasteiger partial charge < -0.3 is 48.9 Å². The lowest BCUT2D eigenvalue weighted by Crippen LogP contribution is -2.60. The largest absolute Gasteiger partial charge is 0.507 e. The number of hydrogen-bond donors (Lipinski definition) is 5. The lowest BCUT2D eigenvalue weighted by molar-refractivity contribution is -0.277. The van der Waals surface area contributed by atoms with Crippen LogP contribution in [0.25, 0.3) is 22.1 Å². The zero-order valence-corrected chi connectivity index (χ0v) is 17.0. The summed E-state index contributed by atoms with van der Waals surface area (Å²) in [5, 5.41) is 49.7. The Morgan fingerprint density at radius 1 is 1.00 bits per heavy atom. The fourth-order valence-corrected chi connectivity index (χ4v) is 3.84. The Balaban J connectivity index is 1.47. The summed E-state index contributed by atoms with van der Waals surface area (Å²) < 4.78 is 27.0. The third-order valence-corrected chi connectivity index (χ3v) is 5.61. The first kappa shape index (κ1) is 21.5. The maximum Gasteiger partial charge on any atom is 0.231 e. The van der Waals surface area contributed by atoms with Crippen molar-refractivity contribution in [3.05, 3.63) is 46.8 Å². The second kappa shape index (κ2) is 8.21. The predicted molar refractivity (Wildman–Crippen MR) is 110 cm³/mol. The molecule has 3 heterocycles. The summed E-state index contributed by atoms with van der Waals surface area (Å²) in [5.41, 5.74) is 0.214. The third kappa shape index (κ3) is 3.65. The van der Waals surface area contributed by atoms with Crippen LogP contribution < -0.4 is 19.6 Å². The maximum absolute atomic E-state index is 13.1. The van der Waals surface area contributed by atoms with E-state index in [0.29, 0.717) is 17.1 Å². The number of aromatic hydroxyl groups is 1. The van der Waals surface area contributed by atoms with Crippen LogP contribution in [0.2, 0.25) is 0 Å². The summed E-state index contributed by atoms with van der Waals surface area (Å²) in [6.45, 7) is -0.533. The van der Waals surface area contributed by atoms with Crippen LogP contribution in [0.15, 0.2) is 45.8 Å². The van der Waals surface area contributed by atoms with Crippen molar-refractivity contribution in [1.82, 2.24) is 0 Å². The minimum Gasteiger partial charge on any atom is -0.507 e. The van der Waals surface area contributed by atoms with Crippen LogP contribution in [-0.2, 0) is 4.74 Å². The van der Waals surface area contributed by atoms with E-state index >= 15 is 0 Å². The zero-order chi connectivity index (χ0) is 23.3. The van der Waals surface area contributed by atoms with E-state index in [9.17, 15) is 30.3 Å². The van der Waals surface area contributed by atoms with Gasteiger partial charge in [-0.3, -0.25) is 4.79 Å². The van der Waals surface area contributed by atoms with E-state index in [1.54, 1.807) is 18.2 Å². The van der Waals surface area contributed by atoms with Gasteiger partial charge in [-0.1, -0.05) is 6.07 Å². The van der Waals surface area contributed by atoms with Crippen molar-refractivity contribution in [2.45, 2.75) is 30.7 Å². The Morgan fingerprint density at radius 3 is 2.58 bits per heavy atom. The van der Waals surface area contributed by atoms with E-state index in [2.05, 4.69) is 0 Å². The van der Waals surface area contributed by atoms with Crippen LogP contribution in [0.5, 0.6) is 23.0 Å². The standard InChI is InChI=1S/C22H20O11/c23-6-16-19(26)20(27)21(28)22(33-16)32-10-4-12(24)17-15(5-10)29-7-11(18(17)25)9-1-2-13-14(3-9)31-8-30-13/h1-5,7,16,19-24,26-28H,6,8H2. The number of phenols is 1. The maximum atomic E-state index is 13.1. The number of fused-ring (bicyclic) bond motifs is 2. The monoisotopic (exact) mass is 460 g/mol. The number of aliphatic hydroxyl groups is 4.